The zero-order valence-electron chi connectivity index (χ0n) is 14.7. The lowest BCUT2D eigenvalue weighted by Crippen LogP contribution is -2.23. The number of aromatic nitrogens is 1. The molecule has 0 radical (unpaired) electrons. The largest absolute Gasteiger partial charge is 0.358 e. The minimum atomic E-state index is -3.51. The van der Waals surface area contributed by atoms with Gasteiger partial charge in [-0.2, -0.15) is 0 Å². The number of aromatic amines is 1. The van der Waals surface area contributed by atoms with Crippen molar-refractivity contribution in [3.63, 3.8) is 0 Å². The van der Waals surface area contributed by atoms with E-state index in [1.807, 2.05) is 24.5 Å². The highest BCUT2D eigenvalue weighted by atomic mass is 32.2. The van der Waals surface area contributed by atoms with Crippen LogP contribution in [0.1, 0.15) is 29.7 Å². The molecule has 0 saturated carbocycles. The van der Waals surface area contributed by atoms with Gasteiger partial charge in [0.05, 0.1) is 4.90 Å². The van der Waals surface area contributed by atoms with Gasteiger partial charge in [0.1, 0.15) is 0 Å². The van der Waals surface area contributed by atoms with Crippen molar-refractivity contribution in [2.45, 2.75) is 42.0 Å². The molecular weight excluding hydrogens is 364 g/mol. The minimum Gasteiger partial charge on any atom is -0.358 e. The first kappa shape index (κ1) is 17.6. The van der Waals surface area contributed by atoms with Crippen LogP contribution in [0.15, 0.2) is 52.3 Å². The third-order valence-corrected chi connectivity index (χ3v) is 7.16. The highest BCUT2D eigenvalue weighted by Gasteiger charge is 2.17. The summed E-state index contributed by atoms with van der Waals surface area (Å²) in [6.45, 7) is 0.294. The number of sulfonamides is 1. The van der Waals surface area contributed by atoms with E-state index in [-0.39, 0.29) is 0 Å². The topological polar surface area (TPSA) is 62.0 Å². The molecule has 1 aliphatic carbocycles. The summed E-state index contributed by atoms with van der Waals surface area (Å²) in [6, 6.07) is 13.1. The molecule has 26 heavy (non-hydrogen) atoms. The van der Waals surface area contributed by atoms with E-state index in [1.165, 1.54) is 29.5 Å². The van der Waals surface area contributed by atoms with Crippen molar-refractivity contribution >= 4 is 32.7 Å². The Morgan fingerprint density at radius 3 is 2.62 bits per heavy atom. The molecule has 0 amide bonds. The molecule has 0 saturated heterocycles. The Balaban J connectivity index is 1.55. The van der Waals surface area contributed by atoms with E-state index >= 15 is 0 Å². The summed E-state index contributed by atoms with van der Waals surface area (Å²) >= 11 is 1.59. The van der Waals surface area contributed by atoms with Gasteiger partial charge in [-0.1, -0.05) is 6.07 Å². The van der Waals surface area contributed by atoms with E-state index in [0.29, 0.717) is 11.4 Å². The maximum absolute atomic E-state index is 12.5. The van der Waals surface area contributed by atoms with Gasteiger partial charge in [-0.15, -0.1) is 11.8 Å². The van der Waals surface area contributed by atoms with Gasteiger partial charge in [0.15, 0.2) is 0 Å². The van der Waals surface area contributed by atoms with E-state index in [9.17, 15) is 8.42 Å². The monoisotopic (exact) mass is 386 g/mol. The van der Waals surface area contributed by atoms with Crippen LogP contribution < -0.4 is 4.72 Å². The van der Waals surface area contributed by atoms with Gasteiger partial charge in [0.25, 0.3) is 0 Å². The van der Waals surface area contributed by atoms with Gasteiger partial charge < -0.3 is 4.98 Å². The molecule has 0 spiro atoms. The summed E-state index contributed by atoms with van der Waals surface area (Å²) in [6.07, 6.45) is 6.65. The SMILES string of the molecule is CSc1ccc(S(=O)(=O)NCc2ccc3[nH]c4c(c3c2)CCCC4)cc1. The number of thioether (sulfide) groups is 1. The summed E-state index contributed by atoms with van der Waals surface area (Å²) in [7, 11) is -3.51. The number of H-pyrrole nitrogens is 1. The van der Waals surface area contributed by atoms with Crippen LogP contribution in [0.2, 0.25) is 0 Å². The van der Waals surface area contributed by atoms with E-state index in [2.05, 4.69) is 21.8 Å². The number of rotatable bonds is 5. The summed E-state index contributed by atoms with van der Waals surface area (Å²) in [5.74, 6) is 0. The Bertz CT molecular complexity index is 1040. The normalized spacial score (nSPS) is 14.5. The molecule has 0 atom stereocenters. The van der Waals surface area contributed by atoms with Crippen LogP contribution in [0, 0.1) is 0 Å². The van der Waals surface area contributed by atoms with Gasteiger partial charge in [-0.25, -0.2) is 13.1 Å². The average molecular weight is 387 g/mol. The third-order valence-electron chi connectivity index (χ3n) is 5.00. The van der Waals surface area contributed by atoms with Crippen LogP contribution in [0.25, 0.3) is 10.9 Å². The first-order chi connectivity index (χ1) is 12.6. The lowest BCUT2D eigenvalue weighted by Gasteiger charge is -2.11. The number of benzene rings is 2. The van der Waals surface area contributed by atoms with Crippen LogP contribution in [0.4, 0.5) is 0 Å². The van der Waals surface area contributed by atoms with E-state index < -0.39 is 10.0 Å². The second-order valence-electron chi connectivity index (χ2n) is 6.67. The fourth-order valence-corrected chi connectivity index (χ4v) is 5.01. The predicted octanol–water partition coefficient (Wildman–Crippen LogP) is 4.25. The molecule has 4 nitrogen and oxygen atoms in total. The highest BCUT2D eigenvalue weighted by Crippen LogP contribution is 2.29. The predicted molar refractivity (Wildman–Crippen MR) is 107 cm³/mol. The van der Waals surface area contributed by atoms with E-state index in [0.717, 1.165) is 28.8 Å². The van der Waals surface area contributed by atoms with Crippen molar-refractivity contribution < 1.29 is 8.42 Å². The molecule has 3 aromatic rings. The zero-order valence-corrected chi connectivity index (χ0v) is 16.3. The third kappa shape index (κ3) is 3.41. The smallest absolute Gasteiger partial charge is 0.240 e. The molecular formula is C20H22N2O2S2. The number of hydrogen-bond donors (Lipinski definition) is 2. The fraction of sp³-hybridized carbons (Fsp3) is 0.300. The second-order valence-corrected chi connectivity index (χ2v) is 9.32. The highest BCUT2D eigenvalue weighted by molar-refractivity contribution is 7.98. The van der Waals surface area contributed by atoms with Crippen molar-refractivity contribution in [1.29, 1.82) is 0 Å². The summed E-state index contributed by atoms with van der Waals surface area (Å²) in [5, 5.41) is 1.24. The van der Waals surface area contributed by atoms with Crippen LogP contribution in [-0.2, 0) is 29.4 Å². The van der Waals surface area contributed by atoms with E-state index in [4.69, 9.17) is 0 Å². The quantitative estimate of drug-likeness (QED) is 0.645. The maximum atomic E-state index is 12.5. The lowest BCUT2D eigenvalue weighted by atomic mass is 9.95. The number of nitrogens with one attached hydrogen (secondary N) is 2. The zero-order chi connectivity index (χ0) is 18.1. The second kappa shape index (κ2) is 7.10. The Labute approximate surface area is 158 Å². The molecule has 2 aromatic carbocycles. The van der Waals surface area contributed by atoms with Crippen LogP contribution >= 0.6 is 11.8 Å². The minimum absolute atomic E-state index is 0.294. The standard InChI is InChI=1S/C20H22N2O2S2/c1-25-15-7-9-16(10-8-15)26(23,24)21-13-14-6-11-20-18(12-14)17-4-2-3-5-19(17)22-20/h6-12,21-22H,2-5,13H2,1H3. The molecule has 1 aromatic heterocycles. The molecule has 2 N–H and O–H groups in total. The van der Waals surface area contributed by atoms with Gasteiger partial charge in [0.2, 0.25) is 10.0 Å². The Kier molecular flexibility index (Phi) is 4.82. The van der Waals surface area contributed by atoms with Crippen LogP contribution in [0.3, 0.4) is 0 Å². The van der Waals surface area contributed by atoms with Crippen LogP contribution in [0.5, 0.6) is 0 Å². The Hall–Kier alpha value is -1.76. The molecule has 4 rings (SSSR count). The van der Waals surface area contributed by atoms with Crippen molar-refractivity contribution in [1.82, 2.24) is 9.71 Å². The van der Waals surface area contributed by atoms with Gasteiger partial charge >= 0.3 is 0 Å². The molecule has 1 heterocycles. The first-order valence-corrected chi connectivity index (χ1v) is 11.5. The molecule has 6 heteroatoms. The maximum Gasteiger partial charge on any atom is 0.240 e. The van der Waals surface area contributed by atoms with E-state index in [1.54, 1.807) is 23.9 Å². The van der Waals surface area contributed by atoms with Crippen molar-refractivity contribution in [3.8, 4) is 0 Å². The fourth-order valence-electron chi connectivity index (χ4n) is 3.58. The average Bonchev–Trinajstić information content (AvgIpc) is 3.04. The number of aryl methyl sites for hydroxylation is 2. The summed E-state index contributed by atoms with van der Waals surface area (Å²) in [4.78, 5) is 4.86. The number of hydrogen-bond acceptors (Lipinski definition) is 3. The molecule has 0 unspecified atom stereocenters. The summed E-state index contributed by atoms with van der Waals surface area (Å²) in [5.41, 5.74) is 4.88. The lowest BCUT2D eigenvalue weighted by molar-refractivity contribution is 0.581. The van der Waals surface area contributed by atoms with Crippen molar-refractivity contribution in [2.24, 2.45) is 0 Å². The molecule has 0 fully saturated rings. The van der Waals surface area contributed by atoms with Gasteiger partial charge in [0, 0.05) is 28.0 Å². The molecule has 0 aliphatic heterocycles. The summed E-state index contributed by atoms with van der Waals surface area (Å²) < 4.78 is 27.8. The number of fused-ring (bicyclic) bond motifs is 3. The van der Waals surface area contributed by atoms with Crippen molar-refractivity contribution in [3.05, 3.63) is 59.3 Å². The molecule has 0 bridgehead atoms. The van der Waals surface area contributed by atoms with Gasteiger partial charge in [-0.05, 0) is 79.5 Å². The Morgan fingerprint density at radius 1 is 1.08 bits per heavy atom. The molecule has 1 aliphatic rings. The first-order valence-electron chi connectivity index (χ1n) is 8.83. The van der Waals surface area contributed by atoms with Gasteiger partial charge in [-0.3, -0.25) is 0 Å². The Morgan fingerprint density at radius 2 is 1.85 bits per heavy atom. The van der Waals surface area contributed by atoms with Crippen LogP contribution in [-0.4, -0.2) is 19.7 Å². The molecule has 136 valence electrons. The van der Waals surface area contributed by atoms with Crippen molar-refractivity contribution in [2.75, 3.05) is 6.26 Å².